The maximum atomic E-state index is 9.15. The van der Waals surface area contributed by atoms with E-state index in [4.69, 9.17) is 9.52 Å². The number of hydrogen-bond acceptors (Lipinski definition) is 2. The molecule has 1 heterocycles. The third-order valence-corrected chi connectivity index (χ3v) is 1.52. The third kappa shape index (κ3) is 0.589. The highest BCUT2D eigenvalue weighted by atomic mass is 16.3. The predicted octanol–water partition coefficient (Wildman–Crippen LogP) is 2.09. The molecule has 0 radical (unpaired) electrons. The molecule has 2 rings (SSSR count). The summed E-state index contributed by atoms with van der Waals surface area (Å²) in [5, 5.41) is 9.15. The Labute approximate surface area is 58.1 Å². The molecule has 2 aliphatic rings. The van der Waals surface area contributed by atoms with Gasteiger partial charge in [0.15, 0.2) is 0 Å². The minimum atomic E-state index is 0.277. The molecule has 2 nitrogen and oxygen atoms in total. The zero-order valence-corrected chi connectivity index (χ0v) is 5.24. The van der Waals surface area contributed by atoms with Gasteiger partial charge in [0.25, 0.3) is 0 Å². The highest BCUT2D eigenvalue weighted by Crippen LogP contribution is 2.31. The van der Waals surface area contributed by atoms with Gasteiger partial charge in [-0.05, 0) is 17.7 Å². The standard InChI is InChI=1S/C8H6O2/c9-8-2-1-6-3-4-10-5-7(6)8/h1-5,9H. The van der Waals surface area contributed by atoms with Gasteiger partial charge in [0.1, 0.15) is 12.0 Å². The first-order valence-corrected chi connectivity index (χ1v) is 3.02. The molecule has 0 amide bonds. The van der Waals surface area contributed by atoms with E-state index in [1.807, 2.05) is 12.1 Å². The molecule has 0 aromatic carbocycles. The van der Waals surface area contributed by atoms with Crippen molar-refractivity contribution in [2.75, 3.05) is 0 Å². The van der Waals surface area contributed by atoms with Crippen molar-refractivity contribution in [2.45, 2.75) is 0 Å². The summed E-state index contributed by atoms with van der Waals surface area (Å²) in [5.74, 6) is 0.277. The van der Waals surface area contributed by atoms with Crippen molar-refractivity contribution in [3.63, 3.8) is 0 Å². The Hall–Kier alpha value is -1.44. The summed E-state index contributed by atoms with van der Waals surface area (Å²) in [4.78, 5) is 0. The summed E-state index contributed by atoms with van der Waals surface area (Å²) in [7, 11) is 0. The number of hydrogen-bond donors (Lipinski definition) is 1. The van der Waals surface area contributed by atoms with E-state index in [1.54, 1.807) is 12.3 Å². The molecule has 0 saturated carbocycles. The van der Waals surface area contributed by atoms with Crippen molar-refractivity contribution in [1.82, 2.24) is 0 Å². The van der Waals surface area contributed by atoms with E-state index in [-0.39, 0.29) is 5.75 Å². The van der Waals surface area contributed by atoms with E-state index in [9.17, 15) is 0 Å². The molecule has 10 heavy (non-hydrogen) atoms. The monoisotopic (exact) mass is 134 g/mol. The number of fused-ring (bicyclic) bond motifs is 1. The van der Waals surface area contributed by atoms with Crippen LogP contribution >= 0.6 is 0 Å². The van der Waals surface area contributed by atoms with E-state index in [1.165, 1.54) is 6.26 Å². The van der Waals surface area contributed by atoms with Crippen LogP contribution in [0.15, 0.2) is 35.1 Å². The van der Waals surface area contributed by atoms with Gasteiger partial charge in [-0.15, -0.1) is 0 Å². The van der Waals surface area contributed by atoms with Crippen LogP contribution in [0.5, 0.6) is 5.75 Å². The minimum absolute atomic E-state index is 0.277. The molecule has 1 aliphatic heterocycles. The maximum Gasteiger partial charge on any atom is 0.126 e. The Morgan fingerprint density at radius 3 is 2.90 bits per heavy atom. The Bertz CT molecular complexity index is 311. The fraction of sp³-hybridized carbons (Fsp3) is 0. The smallest absolute Gasteiger partial charge is 0.126 e. The zero-order chi connectivity index (χ0) is 6.97. The fourth-order valence-corrected chi connectivity index (χ4v) is 0.990. The quantitative estimate of drug-likeness (QED) is 0.598. The largest absolute Gasteiger partial charge is 0.507 e. The molecule has 1 N–H and O–H groups in total. The van der Waals surface area contributed by atoms with Crippen molar-refractivity contribution in [3.8, 4) is 16.9 Å². The lowest BCUT2D eigenvalue weighted by Crippen LogP contribution is -1.69. The topological polar surface area (TPSA) is 33.4 Å². The van der Waals surface area contributed by atoms with Crippen LogP contribution in [-0.4, -0.2) is 5.11 Å². The van der Waals surface area contributed by atoms with Crippen LogP contribution in [0.3, 0.4) is 0 Å². The van der Waals surface area contributed by atoms with Gasteiger partial charge >= 0.3 is 0 Å². The van der Waals surface area contributed by atoms with Crippen LogP contribution < -0.4 is 0 Å². The third-order valence-electron chi connectivity index (χ3n) is 1.52. The van der Waals surface area contributed by atoms with Crippen LogP contribution in [0, 0.1) is 0 Å². The summed E-state index contributed by atoms with van der Waals surface area (Å²) in [6, 6.07) is 5.31. The van der Waals surface area contributed by atoms with Crippen LogP contribution in [0.2, 0.25) is 0 Å². The molecular weight excluding hydrogens is 128 g/mol. The van der Waals surface area contributed by atoms with Gasteiger partial charge in [-0.3, -0.25) is 0 Å². The summed E-state index contributed by atoms with van der Waals surface area (Å²) in [5.41, 5.74) is 1.77. The summed E-state index contributed by atoms with van der Waals surface area (Å²) >= 11 is 0. The van der Waals surface area contributed by atoms with Gasteiger partial charge < -0.3 is 9.52 Å². The van der Waals surface area contributed by atoms with E-state index in [0.29, 0.717) is 0 Å². The van der Waals surface area contributed by atoms with Crippen LogP contribution in [0.4, 0.5) is 0 Å². The maximum absolute atomic E-state index is 9.15. The highest BCUT2D eigenvalue weighted by molar-refractivity contribution is 5.71. The molecule has 2 heteroatoms. The molecule has 50 valence electrons. The lowest BCUT2D eigenvalue weighted by atomic mass is 10.2. The molecule has 0 spiro atoms. The Morgan fingerprint density at radius 1 is 1.20 bits per heavy atom. The van der Waals surface area contributed by atoms with E-state index in [2.05, 4.69) is 0 Å². The predicted molar refractivity (Wildman–Crippen MR) is 37.0 cm³/mol. The lowest BCUT2D eigenvalue weighted by Gasteiger charge is -1.94. The fourth-order valence-electron chi connectivity index (χ4n) is 0.990. The van der Waals surface area contributed by atoms with E-state index >= 15 is 0 Å². The van der Waals surface area contributed by atoms with Gasteiger partial charge in [0.05, 0.1) is 11.8 Å². The average Bonchev–Trinajstić information content (AvgIpc) is 2.34. The second kappa shape index (κ2) is 1.77. The van der Waals surface area contributed by atoms with Crippen molar-refractivity contribution >= 4 is 0 Å². The normalized spacial score (nSPS) is 10.4. The SMILES string of the molecule is Oc1ccc2ccocc1-2. The molecule has 0 fully saturated rings. The molecule has 0 saturated heterocycles. The van der Waals surface area contributed by atoms with Gasteiger partial charge in [0, 0.05) is 0 Å². The van der Waals surface area contributed by atoms with Crippen LogP contribution in [-0.2, 0) is 0 Å². The van der Waals surface area contributed by atoms with Crippen molar-refractivity contribution < 1.29 is 9.52 Å². The van der Waals surface area contributed by atoms with Gasteiger partial charge in [-0.25, -0.2) is 0 Å². The summed E-state index contributed by atoms with van der Waals surface area (Å²) in [6.07, 6.45) is 3.12. The average molecular weight is 134 g/mol. The van der Waals surface area contributed by atoms with Gasteiger partial charge in [0.2, 0.25) is 0 Å². The second-order valence-electron chi connectivity index (χ2n) is 2.14. The van der Waals surface area contributed by atoms with E-state index in [0.717, 1.165) is 11.1 Å². The minimum Gasteiger partial charge on any atom is -0.507 e. The van der Waals surface area contributed by atoms with Crippen molar-refractivity contribution in [1.29, 1.82) is 0 Å². The Kier molecular flexibility index (Phi) is 0.947. The molecule has 0 atom stereocenters. The first-order valence-electron chi connectivity index (χ1n) is 3.02. The first-order chi connectivity index (χ1) is 4.88. The Morgan fingerprint density at radius 2 is 2.10 bits per heavy atom. The van der Waals surface area contributed by atoms with Crippen LogP contribution in [0.1, 0.15) is 0 Å². The first kappa shape index (κ1) is 5.35. The zero-order valence-electron chi connectivity index (χ0n) is 5.24. The molecule has 0 aromatic rings. The molecule has 1 aliphatic carbocycles. The Balaban J connectivity index is 2.78. The van der Waals surface area contributed by atoms with Gasteiger partial charge in [-0.2, -0.15) is 0 Å². The van der Waals surface area contributed by atoms with Crippen molar-refractivity contribution in [2.24, 2.45) is 0 Å². The molecule has 0 bridgehead atoms. The summed E-state index contributed by atoms with van der Waals surface area (Å²) in [6.45, 7) is 0. The van der Waals surface area contributed by atoms with E-state index < -0.39 is 0 Å². The number of rotatable bonds is 0. The molecule has 0 unspecified atom stereocenters. The lowest BCUT2D eigenvalue weighted by molar-refractivity contribution is 0.474. The van der Waals surface area contributed by atoms with Crippen molar-refractivity contribution in [3.05, 3.63) is 30.7 Å². The highest BCUT2D eigenvalue weighted by Gasteiger charge is 2.06. The molecule has 0 aromatic heterocycles. The molecular formula is C8H6O2. The van der Waals surface area contributed by atoms with Crippen LogP contribution in [0.25, 0.3) is 11.1 Å². The summed E-state index contributed by atoms with van der Waals surface area (Å²) < 4.78 is 4.87. The van der Waals surface area contributed by atoms with Gasteiger partial charge in [-0.1, -0.05) is 6.07 Å². The second-order valence-corrected chi connectivity index (χ2v) is 2.14. The number of aromatic hydroxyl groups is 1.